The second-order valence-corrected chi connectivity index (χ2v) is 6.66. The summed E-state index contributed by atoms with van der Waals surface area (Å²) < 4.78 is 1.63. The Bertz CT molecular complexity index is 819. The molecule has 3 aromatic rings. The van der Waals surface area contributed by atoms with Gasteiger partial charge in [-0.3, -0.25) is 9.48 Å². The van der Waals surface area contributed by atoms with Gasteiger partial charge in [0.05, 0.1) is 4.88 Å². The Labute approximate surface area is 139 Å². The van der Waals surface area contributed by atoms with Gasteiger partial charge in [0.2, 0.25) is 0 Å². The molecule has 0 aliphatic heterocycles. The summed E-state index contributed by atoms with van der Waals surface area (Å²) in [4.78, 5) is 13.7. The van der Waals surface area contributed by atoms with Crippen LogP contribution >= 0.6 is 11.3 Å². The molecule has 2 heterocycles. The number of aromatic nitrogens is 2. The maximum absolute atomic E-state index is 12.6. The first-order valence-corrected chi connectivity index (χ1v) is 8.42. The number of thiophene rings is 1. The molecule has 0 unspecified atom stereocenters. The molecule has 0 bridgehead atoms. The minimum atomic E-state index is -0.143. The Morgan fingerprint density at radius 3 is 2.70 bits per heavy atom. The van der Waals surface area contributed by atoms with E-state index in [9.17, 15) is 4.79 Å². The average molecular weight is 325 g/mol. The van der Waals surface area contributed by atoms with Gasteiger partial charge in [-0.15, -0.1) is 11.3 Å². The third-order valence-corrected chi connectivity index (χ3v) is 4.61. The first-order valence-electron chi connectivity index (χ1n) is 7.54. The second kappa shape index (κ2) is 6.38. The molecule has 0 saturated carbocycles. The third-order valence-electron chi connectivity index (χ3n) is 3.72. The number of nitrogens with one attached hydrogen (secondary N) is 1. The van der Waals surface area contributed by atoms with E-state index >= 15 is 0 Å². The molecule has 1 aromatic carbocycles. The summed E-state index contributed by atoms with van der Waals surface area (Å²) in [5.41, 5.74) is 3.35. The van der Waals surface area contributed by atoms with Crippen LogP contribution in [0.1, 0.15) is 35.8 Å². The highest BCUT2D eigenvalue weighted by Gasteiger charge is 2.16. The smallest absolute Gasteiger partial charge is 0.273 e. The highest BCUT2D eigenvalue weighted by molar-refractivity contribution is 7.13. The summed E-state index contributed by atoms with van der Waals surface area (Å²) in [6, 6.07) is 13.7. The van der Waals surface area contributed by atoms with Crippen molar-refractivity contribution in [3.8, 4) is 10.6 Å². The van der Waals surface area contributed by atoms with E-state index in [1.54, 1.807) is 23.1 Å². The van der Waals surface area contributed by atoms with E-state index in [0.29, 0.717) is 11.6 Å². The number of para-hydroxylation sites is 1. The monoisotopic (exact) mass is 325 g/mol. The van der Waals surface area contributed by atoms with Crippen molar-refractivity contribution in [1.82, 2.24) is 9.78 Å². The van der Waals surface area contributed by atoms with Gasteiger partial charge in [0.1, 0.15) is 11.4 Å². The number of nitrogens with zero attached hydrogens (tertiary/aromatic N) is 2. The average Bonchev–Trinajstić information content (AvgIpc) is 3.16. The van der Waals surface area contributed by atoms with Gasteiger partial charge in [0.15, 0.2) is 0 Å². The van der Waals surface area contributed by atoms with Crippen molar-refractivity contribution in [1.29, 1.82) is 0 Å². The molecule has 0 radical (unpaired) electrons. The van der Waals surface area contributed by atoms with Crippen molar-refractivity contribution >= 4 is 22.9 Å². The van der Waals surface area contributed by atoms with Gasteiger partial charge in [0, 0.05) is 12.7 Å². The highest BCUT2D eigenvalue weighted by atomic mass is 32.1. The lowest BCUT2D eigenvalue weighted by Gasteiger charge is -2.13. The van der Waals surface area contributed by atoms with Gasteiger partial charge in [-0.1, -0.05) is 38.1 Å². The zero-order valence-corrected chi connectivity index (χ0v) is 14.2. The van der Waals surface area contributed by atoms with Gasteiger partial charge in [-0.2, -0.15) is 5.10 Å². The largest absolute Gasteiger partial charge is 0.320 e. The number of hydrogen-bond donors (Lipinski definition) is 1. The number of anilines is 1. The molecule has 3 rings (SSSR count). The molecule has 2 aromatic heterocycles. The molecule has 4 nitrogen and oxygen atoms in total. The van der Waals surface area contributed by atoms with Crippen LogP contribution in [0.3, 0.4) is 0 Å². The molecule has 5 heteroatoms. The van der Waals surface area contributed by atoms with Crippen LogP contribution in [0.25, 0.3) is 10.6 Å². The molecule has 0 aliphatic rings. The van der Waals surface area contributed by atoms with E-state index in [2.05, 4.69) is 24.3 Å². The van der Waals surface area contributed by atoms with E-state index in [4.69, 9.17) is 0 Å². The summed E-state index contributed by atoms with van der Waals surface area (Å²) in [6.07, 6.45) is 0. The molecule has 23 heavy (non-hydrogen) atoms. The SMILES string of the molecule is CC(C)c1ccccc1NC(=O)c1cc(-c2cccs2)nn1C. The lowest BCUT2D eigenvalue weighted by molar-refractivity contribution is 0.101. The zero-order chi connectivity index (χ0) is 16.4. The van der Waals surface area contributed by atoms with Gasteiger partial charge in [0.25, 0.3) is 5.91 Å². The summed E-state index contributed by atoms with van der Waals surface area (Å²) in [7, 11) is 1.79. The summed E-state index contributed by atoms with van der Waals surface area (Å²) in [6.45, 7) is 4.23. The molecule has 0 spiro atoms. The standard InChI is InChI=1S/C18H19N3OS/c1-12(2)13-7-4-5-8-14(13)19-18(22)16-11-15(20-21(16)3)17-9-6-10-23-17/h4-12H,1-3H3,(H,19,22). The van der Waals surface area contributed by atoms with E-state index in [1.807, 2.05) is 47.8 Å². The molecule has 0 fully saturated rings. The minimum Gasteiger partial charge on any atom is -0.320 e. The Kier molecular flexibility index (Phi) is 4.30. The molecule has 0 atom stereocenters. The summed E-state index contributed by atoms with van der Waals surface area (Å²) >= 11 is 1.61. The fourth-order valence-electron chi connectivity index (χ4n) is 2.53. The maximum Gasteiger partial charge on any atom is 0.273 e. The predicted molar refractivity (Wildman–Crippen MR) is 95.0 cm³/mol. The minimum absolute atomic E-state index is 0.143. The first-order chi connectivity index (χ1) is 11.1. The number of rotatable bonds is 4. The molecule has 1 N–H and O–H groups in total. The number of carbonyl (C=O) groups excluding carboxylic acids is 1. The number of benzene rings is 1. The summed E-state index contributed by atoms with van der Waals surface area (Å²) in [5, 5.41) is 9.45. The van der Waals surface area contributed by atoms with E-state index in [-0.39, 0.29) is 5.91 Å². The van der Waals surface area contributed by atoms with Crippen LogP contribution in [0, 0.1) is 0 Å². The summed E-state index contributed by atoms with van der Waals surface area (Å²) in [5.74, 6) is 0.204. The Hall–Kier alpha value is -2.40. The maximum atomic E-state index is 12.6. The van der Waals surface area contributed by atoms with Crippen LogP contribution in [0.2, 0.25) is 0 Å². The van der Waals surface area contributed by atoms with Crippen LogP contribution in [-0.4, -0.2) is 15.7 Å². The molecule has 118 valence electrons. The van der Waals surface area contributed by atoms with Crippen LogP contribution in [0.5, 0.6) is 0 Å². The van der Waals surface area contributed by atoms with Crippen molar-refractivity contribution < 1.29 is 4.79 Å². The van der Waals surface area contributed by atoms with E-state index in [1.165, 1.54) is 0 Å². The van der Waals surface area contributed by atoms with E-state index < -0.39 is 0 Å². The Morgan fingerprint density at radius 1 is 1.22 bits per heavy atom. The van der Waals surface area contributed by atoms with Gasteiger partial charge in [-0.25, -0.2) is 0 Å². The topological polar surface area (TPSA) is 46.9 Å². The fraction of sp³-hybridized carbons (Fsp3) is 0.222. The lowest BCUT2D eigenvalue weighted by atomic mass is 10.0. The van der Waals surface area contributed by atoms with Crippen molar-refractivity contribution in [2.24, 2.45) is 7.05 Å². The Balaban J connectivity index is 1.87. The van der Waals surface area contributed by atoms with Gasteiger partial charge in [-0.05, 0) is 35.1 Å². The van der Waals surface area contributed by atoms with Crippen molar-refractivity contribution in [3.63, 3.8) is 0 Å². The van der Waals surface area contributed by atoms with Crippen molar-refractivity contribution in [3.05, 3.63) is 59.1 Å². The van der Waals surface area contributed by atoms with E-state index in [0.717, 1.165) is 21.8 Å². The second-order valence-electron chi connectivity index (χ2n) is 5.71. The number of aryl methyl sites for hydroxylation is 1. The molecule has 1 amide bonds. The molecule has 0 aliphatic carbocycles. The van der Waals surface area contributed by atoms with Crippen LogP contribution in [0.4, 0.5) is 5.69 Å². The first kappa shape index (κ1) is 15.5. The third kappa shape index (κ3) is 3.19. The van der Waals surface area contributed by atoms with Crippen LogP contribution in [-0.2, 0) is 7.05 Å². The number of hydrogen-bond acceptors (Lipinski definition) is 3. The predicted octanol–water partition coefficient (Wildman–Crippen LogP) is 4.52. The molecular weight excluding hydrogens is 306 g/mol. The van der Waals surface area contributed by atoms with Crippen LogP contribution in [0.15, 0.2) is 47.8 Å². The zero-order valence-electron chi connectivity index (χ0n) is 13.4. The highest BCUT2D eigenvalue weighted by Crippen LogP contribution is 2.26. The lowest BCUT2D eigenvalue weighted by Crippen LogP contribution is -2.17. The number of amides is 1. The molecule has 0 saturated heterocycles. The number of carbonyl (C=O) groups is 1. The fourth-order valence-corrected chi connectivity index (χ4v) is 3.21. The van der Waals surface area contributed by atoms with Crippen LogP contribution < -0.4 is 5.32 Å². The normalized spacial score (nSPS) is 11.0. The van der Waals surface area contributed by atoms with Gasteiger partial charge < -0.3 is 5.32 Å². The van der Waals surface area contributed by atoms with Crippen molar-refractivity contribution in [2.45, 2.75) is 19.8 Å². The van der Waals surface area contributed by atoms with Crippen molar-refractivity contribution in [2.75, 3.05) is 5.32 Å². The Morgan fingerprint density at radius 2 is 2.00 bits per heavy atom. The quantitative estimate of drug-likeness (QED) is 0.766. The molecular formula is C18H19N3OS. The van der Waals surface area contributed by atoms with Gasteiger partial charge >= 0.3 is 0 Å².